The topological polar surface area (TPSA) is 12.5 Å². The largest absolute Gasteiger partial charge is 0.497 e. The maximum absolute atomic E-state index is 5.08. The molecule has 1 aliphatic heterocycles. The van der Waals surface area contributed by atoms with Crippen molar-refractivity contribution in [1.82, 2.24) is 0 Å². The van der Waals surface area contributed by atoms with Gasteiger partial charge in [0.15, 0.2) is 0 Å². The van der Waals surface area contributed by atoms with E-state index in [1.54, 1.807) is 7.11 Å². The molecule has 3 heteroatoms. The van der Waals surface area contributed by atoms with E-state index >= 15 is 0 Å². The lowest BCUT2D eigenvalue weighted by atomic mass is 10.3. The van der Waals surface area contributed by atoms with Gasteiger partial charge in [-0.1, -0.05) is 0 Å². The van der Waals surface area contributed by atoms with Crippen molar-refractivity contribution in [2.45, 2.75) is 0 Å². The van der Waals surface area contributed by atoms with Gasteiger partial charge >= 0.3 is 0 Å². The molecular weight excluding hydrogens is 170 g/mol. The molecule has 0 saturated carbocycles. The highest BCUT2D eigenvalue weighted by Crippen LogP contribution is 2.27. The molecule has 0 N–H and O–H groups in total. The Morgan fingerprint density at radius 1 is 1.25 bits per heavy atom. The van der Waals surface area contributed by atoms with Gasteiger partial charge in [0.05, 0.1) is 18.9 Å². The molecule has 0 amide bonds. The second kappa shape index (κ2) is 3.27. The van der Waals surface area contributed by atoms with Crippen LogP contribution in [0.15, 0.2) is 24.3 Å². The third kappa shape index (κ3) is 1.37. The smallest absolute Gasteiger partial charge is 0.119 e. The van der Waals surface area contributed by atoms with Gasteiger partial charge in [0.25, 0.3) is 0 Å². The molecule has 2 nitrogen and oxygen atoms in total. The minimum absolute atomic E-state index is 0.923. The maximum atomic E-state index is 5.08. The van der Waals surface area contributed by atoms with E-state index in [0.717, 1.165) is 17.5 Å². The second-order valence-corrected chi connectivity index (χ2v) is 3.62. The zero-order chi connectivity index (χ0) is 8.39. The summed E-state index contributed by atoms with van der Waals surface area (Å²) in [6.07, 6.45) is 0. The average molecular weight is 181 g/mol. The van der Waals surface area contributed by atoms with Gasteiger partial charge in [-0.15, -0.1) is 11.8 Å². The molecule has 12 heavy (non-hydrogen) atoms. The molecule has 0 unspecified atom stereocenters. The van der Waals surface area contributed by atoms with Crippen LogP contribution in [0.4, 0.5) is 5.69 Å². The standard InChI is InChI=1S/C9H11NOS/c1-11-9-4-2-8(3-5-9)10-6-12-7-10/h2-5H,6-7H2,1H3. The molecule has 1 aliphatic rings. The van der Waals surface area contributed by atoms with Crippen LogP contribution in [0.3, 0.4) is 0 Å². The predicted octanol–water partition coefficient (Wildman–Crippen LogP) is 2.16. The van der Waals surface area contributed by atoms with Gasteiger partial charge in [-0.05, 0) is 24.3 Å². The number of hydrogen-bond donors (Lipinski definition) is 0. The van der Waals surface area contributed by atoms with E-state index in [0.29, 0.717) is 0 Å². The van der Waals surface area contributed by atoms with E-state index in [-0.39, 0.29) is 0 Å². The molecule has 1 saturated heterocycles. The van der Waals surface area contributed by atoms with Crippen LogP contribution in [-0.4, -0.2) is 18.9 Å². The van der Waals surface area contributed by atoms with Gasteiger partial charge in [-0.3, -0.25) is 0 Å². The first-order chi connectivity index (χ1) is 5.90. The summed E-state index contributed by atoms with van der Waals surface area (Å²) in [6.45, 7) is 0. The average Bonchev–Trinajstić information content (AvgIpc) is 2.03. The van der Waals surface area contributed by atoms with Crippen LogP contribution < -0.4 is 9.64 Å². The van der Waals surface area contributed by atoms with Crippen LogP contribution in [0.2, 0.25) is 0 Å². The molecule has 0 radical (unpaired) electrons. The van der Waals surface area contributed by atoms with Gasteiger partial charge in [-0.25, -0.2) is 0 Å². The molecule has 0 spiro atoms. The fourth-order valence-electron chi connectivity index (χ4n) is 1.12. The van der Waals surface area contributed by atoms with E-state index in [9.17, 15) is 0 Å². The first-order valence-electron chi connectivity index (χ1n) is 3.87. The Morgan fingerprint density at radius 3 is 2.33 bits per heavy atom. The van der Waals surface area contributed by atoms with Crippen molar-refractivity contribution in [3.63, 3.8) is 0 Å². The Bertz CT molecular complexity index is 256. The summed E-state index contributed by atoms with van der Waals surface area (Å²) in [6, 6.07) is 8.19. The van der Waals surface area contributed by atoms with Crippen LogP contribution in [0.25, 0.3) is 0 Å². The number of anilines is 1. The fraction of sp³-hybridized carbons (Fsp3) is 0.333. The lowest BCUT2D eigenvalue weighted by molar-refractivity contribution is 0.415. The van der Waals surface area contributed by atoms with Crippen molar-refractivity contribution in [3.8, 4) is 5.75 Å². The summed E-state index contributed by atoms with van der Waals surface area (Å²) in [5, 5.41) is 0. The Kier molecular flexibility index (Phi) is 2.13. The fourth-order valence-corrected chi connectivity index (χ4v) is 1.79. The number of rotatable bonds is 2. The third-order valence-corrected chi connectivity index (χ3v) is 2.92. The Morgan fingerprint density at radius 2 is 1.92 bits per heavy atom. The number of hydrogen-bond acceptors (Lipinski definition) is 3. The number of benzene rings is 1. The number of thioether (sulfide) groups is 1. The minimum atomic E-state index is 0.923. The molecule has 64 valence electrons. The van der Waals surface area contributed by atoms with Crippen LogP contribution in [-0.2, 0) is 0 Å². The molecule has 1 fully saturated rings. The summed E-state index contributed by atoms with van der Waals surface area (Å²) in [7, 11) is 1.69. The zero-order valence-electron chi connectivity index (χ0n) is 6.99. The first kappa shape index (κ1) is 7.80. The number of methoxy groups -OCH3 is 1. The highest BCUT2D eigenvalue weighted by molar-refractivity contribution is 8.00. The molecule has 0 bridgehead atoms. The van der Waals surface area contributed by atoms with Crippen LogP contribution in [0.1, 0.15) is 0 Å². The van der Waals surface area contributed by atoms with Gasteiger partial charge in [0.2, 0.25) is 0 Å². The Hall–Kier alpha value is -0.830. The van der Waals surface area contributed by atoms with E-state index in [4.69, 9.17) is 4.74 Å². The van der Waals surface area contributed by atoms with Gasteiger partial charge in [0.1, 0.15) is 5.75 Å². The van der Waals surface area contributed by atoms with E-state index in [1.165, 1.54) is 5.69 Å². The molecular formula is C9H11NOS. The lowest BCUT2D eigenvalue weighted by Crippen LogP contribution is -2.31. The summed E-state index contributed by atoms with van der Waals surface area (Å²) in [4.78, 5) is 2.32. The maximum Gasteiger partial charge on any atom is 0.119 e. The van der Waals surface area contributed by atoms with Gasteiger partial charge < -0.3 is 9.64 Å². The van der Waals surface area contributed by atoms with Crippen LogP contribution in [0.5, 0.6) is 5.75 Å². The normalized spacial score (nSPS) is 15.6. The highest BCUT2D eigenvalue weighted by Gasteiger charge is 2.14. The molecule has 1 aromatic carbocycles. The summed E-state index contributed by atoms with van der Waals surface area (Å²) >= 11 is 1.94. The van der Waals surface area contributed by atoms with E-state index in [2.05, 4.69) is 17.0 Å². The Labute approximate surface area is 76.5 Å². The molecule has 2 rings (SSSR count). The number of nitrogens with zero attached hydrogens (tertiary/aromatic N) is 1. The quantitative estimate of drug-likeness (QED) is 0.693. The van der Waals surface area contributed by atoms with Gasteiger partial charge in [-0.2, -0.15) is 0 Å². The van der Waals surface area contributed by atoms with Crippen molar-refractivity contribution in [2.75, 3.05) is 23.8 Å². The molecule has 1 heterocycles. The minimum Gasteiger partial charge on any atom is -0.497 e. The first-order valence-corrected chi connectivity index (χ1v) is 5.02. The monoisotopic (exact) mass is 181 g/mol. The summed E-state index contributed by atoms with van der Waals surface area (Å²) in [5.41, 5.74) is 1.29. The number of ether oxygens (including phenoxy) is 1. The van der Waals surface area contributed by atoms with Crippen molar-refractivity contribution in [3.05, 3.63) is 24.3 Å². The van der Waals surface area contributed by atoms with E-state index < -0.39 is 0 Å². The van der Waals surface area contributed by atoms with Crippen molar-refractivity contribution < 1.29 is 4.74 Å². The summed E-state index contributed by atoms with van der Waals surface area (Å²) < 4.78 is 5.08. The van der Waals surface area contributed by atoms with Gasteiger partial charge in [0, 0.05) is 5.69 Å². The highest BCUT2D eigenvalue weighted by atomic mass is 32.2. The third-order valence-electron chi connectivity index (χ3n) is 1.93. The zero-order valence-corrected chi connectivity index (χ0v) is 7.80. The second-order valence-electron chi connectivity index (χ2n) is 2.70. The van der Waals surface area contributed by atoms with E-state index in [1.807, 2.05) is 23.9 Å². The van der Waals surface area contributed by atoms with Crippen molar-refractivity contribution in [2.24, 2.45) is 0 Å². The van der Waals surface area contributed by atoms with Crippen LogP contribution in [0, 0.1) is 0 Å². The van der Waals surface area contributed by atoms with Crippen molar-refractivity contribution in [1.29, 1.82) is 0 Å². The van der Waals surface area contributed by atoms with Crippen LogP contribution >= 0.6 is 11.8 Å². The lowest BCUT2D eigenvalue weighted by Gasteiger charge is -2.32. The van der Waals surface area contributed by atoms with Crippen molar-refractivity contribution >= 4 is 17.4 Å². The Balaban J connectivity index is 2.13. The molecule has 0 atom stereocenters. The summed E-state index contributed by atoms with van der Waals surface area (Å²) in [5.74, 6) is 3.16. The molecule has 0 aromatic heterocycles. The predicted molar refractivity (Wildman–Crippen MR) is 52.8 cm³/mol. The molecule has 0 aliphatic carbocycles. The SMILES string of the molecule is COc1ccc(N2CSC2)cc1. The molecule has 1 aromatic rings.